The molecule has 2 unspecified atom stereocenters. The van der Waals surface area contributed by atoms with Gasteiger partial charge < -0.3 is 39.9 Å². The van der Waals surface area contributed by atoms with Gasteiger partial charge in [0, 0.05) is 29.6 Å². The minimum atomic E-state index is -0.687. The van der Waals surface area contributed by atoms with Gasteiger partial charge in [-0.05, 0) is 67.9 Å². The van der Waals surface area contributed by atoms with E-state index in [4.69, 9.17) is 24.4 Å². The van der Waals surface area contributed by atoms with Crippen LogP contribution in [0.4, 0.5) is 9.59 Å². The van der Waals surface area contributed by atoms with Crippen LogP contribution in [0.25, 0.3) is 44.5 Å². The minimum Gasteiger partial charge on any atom is -0.453 e. The largest absolute Gasteiger partial charge is 0.453 e. The molecule has 6 atom stereocenters. The Hall–Kier alpha value is -5.99. The summed E-state index contributed by atoms with van der Waals surface area (Å²) in [6.07, 6.45) is 5.24. The number of hydrogen-bond acceptors (Lipinski definition) is 9. The molecule has 5 heterocycles. The summed E-state index contributed by atoms with van der Waals surface area (Å²) in [5.41, 5.74) is 6.01. The summed E-state index contributed by atoms with van der Waals surface area (Å²) in [5.74, 6) is 1.04. The van der Waals surface area contributed by atoms with Crippen molar-refractivity contribution in [2.45, 2.75) is 90.4 Å². The Labute approximate surface area is 337 Å². The van der Waals surface area contributed by atoms with Gasteiger partial charge in [-0.15, -0.1) is 0 Å². The lowest BCUT2D eigenvalue weighted by Gasteiger charge is -2.30. The standard InChI is InChI=1S/C43H53N9O6/c1-7-24(3)36(49-42(55)57-5)40(53)51-19-9-11-34(51)38-44-23-33(48-38)27-14-17-29-26(21-27)13-16-30(45-29)28-15-18-31-32(22-28)47-39(46-31)35-12-10-20-52(35)41(54)37(25(4)8-2)50-43(56)58-6/h13-18,21-25,34-37H,7-12,19-20H2,1-6H3,(H,44,48)(H,46,47)(H,49,55)(H,50,56)/t24-,25-,34+,35+,36?,37?/m1/s1. The number of imidazole rings is 2. The summed E-state index contributed by atoms with van der Waals surface area (Å²) in [6.45, 7) is 9.07. The van der Waals surface area contributed by atoms with Crippen molar-refractivity contribution in [2.75, 3.05) is 27.3 Å². The number of nitrogens with one attached hydrogen (secondary N) is 4. The molecule has 2 aliphatic rings. The number of H-pyrrole nitrogens is 2. The Kier molecular flexibility index (Phi) is 12.0. The number of fused-ring (bicyclic) bond motifs is 2. The highest BCUT2D eigenvalue weighted by Gasteiger charge is 2.39. The van der Waals surface area contributed by atoms with Crippen molar-refractivity contribution in [3.05, 3.63) is 66.4 Å². The first-order valence-electron chi connectivity index (χ1n) is 20.3. The van der Waals surface area contributed by atoms with Crippen molar-refractivity contribution < 1.29 is 28.7 Å². The third-order valence-corrected chi connectivity index (χ3v) is 12.0. The molecule has 0 spiro atoms. The number of carbonyl (C=O) groups excluding carboxylic acids is 4. The average Bonchev–Trinajstić information content (AvgIpc) is 4.09. The smallest absolute Gasteiger partial charge is 0.407 e. The summed E-state index contributed by atoms with van der Waals surface area (Å²) in [4.78, 5) is 77.0. The lowest BCUT2D eigenvalue weighted by atomic mass is 9.97. The number of aromatic nitrogens is 5. The molecule has 4 amide bonds. The van der Waals surface area contributed by atoms with Crippen molar-refractivity contribution in [3.63, 3.8) is 0 Å². The summed E-state index contributed by atoms with van der Waals surface area (Å²) >= 11 is 0. The molecule has 15 nitrogen and oxygen atoms in total. The van der Waals surface area contributed by atoms with Gasteiger partial charge in [-0.1, -0.05) is 58.7 Å². The van der Waals surface area contributed by atoms with Crippen LogP contribution in [-0.2, 0) is 19.1 Å². The fourth-order valence-electron chi connectivity index (χ4n) is 8.18. The van der Waals surface area contributed by atoms with E-state index in [9.17, 15) is 19.2 Å². The predicted molar refractivity (Wildman–Crippen MR) is 219 cm³/mol. The van der Waals surface area contributed by atoms with Gasteiger partial charge in [0.25, 0.3) is 0 Å². The number of methoxy groups -OCH3 is 2. The minimum absolute atomic E-state index is 0.0627. The zero-order valence-electron chi connectivity index (χ0n) is 34.0. The van der Waals surface area contributed by atoms with Crippen LogP contribution in [-0.4, -0.2) is 98.1 Å². The van der Waals surface area contributed by atoms with Crippen LogP contribution in [0.1, 0.15) is 90.0 Å². The van der Waals surface area contributed by atoms with Gasteiger partial charge in [-0.3, -0.25) is 9.59 Å². The zero-order valence-corrected chi connectivity index (χ0v) is 34.0. The van der Waals surface area contributed by atoms with E-state index in [1.165, 1.54) is 14.2 Å². The number of alkyl carbamates (subject to hydrolysis) is 2. The number of hydrogen-bond donors (Lipinski definition) is 4. The van der Waals surface area contributed by atoms with Crippen molar-refractivity contribution in [1.82, 2.24) is 45.4 Å². The molecule has 5 aromatic rings. The molecular weight excluding hydrogens is 739 g/mol. The number of likely N-dealkylation sites (tertiary alicyclic amines) is 2. The zero-order chi connectivity index (χ0) is 41.1. The lowest BCUT2D eigenvalue weighted by molar-refractivity contribution is -0.136. The molecule has 0 radical (unpaired) electrons. The summed E-state index contributed by atoms with van der Waals surface area (Å²) < 4.78 is 9.62. The van der Waals surface area contributed by atoms with Crippen LogP contribution < -0.4 is 10.6 Å². The van der Waals surface area contributed by atoms with Crippen LogP contribution in [0.2, 0.25) is 0 Å². The lowest BCUT2D eigenvalue weighted by Crippen LogP contribution is -2.51. The Morgan fingerprint density at radius 3 is 1.93 bits per heavy atom. The van der Waals surface area contributed by atoms with E-state index in [-0.39, 0.29) is 35.7 Å². The predicted octanol–water partition coefficient (Wildman–Crippen LogP) is 7.04. The van der Waals surface area contributed by atoms with Crippen molar-refractivity contribution in [2.24, 2.45) is 11.8 Å². The maximum absolute atomic E-state index is 13.8. The fourth-order valence-corrected chi connectivity index (χ4v) is 8.18. The highest BCUT2D eigenvalue weighted by Crippen LogP contribution is 2.36. The van der Waals surface area contributed by atoms with Gasteiger partial charge >= 0.3 is 12.2 Å². The number of aromatic amines is 2. The number of pyridine rings is 1. The molecule has 58 heavy (non-hydrogen) atoms. The monoisotopic (exact) mass is 791 g/mol. The van der Waals surface area contributed by atoms with E-state index in [0.29, 0.717) is 18.9 Å². The van der Waals surface area contributed by atoms with E-state index >= 15 is 0 Å². The topological polar surface area (TPSA) is 188 Å². The highest BCUT2D eigenvalue weighted by atomic mass is 16.5. The number of rotatable bonds is 12. The fraction of sp³-hybridized carbons (Fsp3) is 0.465. The molecule has 2 fully saturated rings. The summed E-state index contributed by atoms with van der Waals surface area (Å²) in [6, 6.07) is 14.3. The van der Waals surface area contributed by atoms with E-state index < -0.39 is 24.3 Å². The molecule has 2 aromatic carbocycles. The number of ether oxygens (including phenoxy) is 2. The molecule has 2 aliphatic heterocycles. The molecule has 2 saturated heterocycles. The number of carbonyl (C=O) groups is 4. The Balaban J connectivity index is 1.07. The summed E-state index contributed by atoms with van der Waals surface area (Å²) in [7, 11) is 2.60. The average molecular weight is 792 g/mol. The molecule has 3 aromatic heterocycles. The number of amides is 4. The van der Waals surface area contributed by atoms with Gasteiger partial charge in [-0.25, -0.2) is 24.5 Å². The first kappa shape index (κ1) is 40.2. The summed E-state index contributed by atoms with van der Waals surface area (Å²) in [5, 5.41) is 6.47. The molecule has 4 N–H and O–H groups in total. The van der Waals surface area contributed by atoms with Gasteiger partial charge in [0.15, 0.2) is 0 Å². The Morgan fingerprint density at radius 1 is 0.741 bits per heavy atom. The van der Waals surface area contributed by atoms with E-state index in [2.05, 4.69) is 32.7 Å². The van der Waals surface area contributed by atoms with Crippen molar-refractivity contribution in [1.29, 1.82) is 0 Å². The molecule has 306 valence electrons. The molecule has 15 heteroatoms. The molecule has 0 bridgehead atoms. The van der Waals surface area contributed by atoms with Gasteiger partial charge in [0.05, 0.1) is 60.4 Å². The second-order valence-electron chi connectivity index (χ2n) is 15.5. The van der Waals surface area contributed by atoms with Crippen LogP contribution in [0.5, 0.6) is 0 Å². The van der Waals surface area contributed by atoms with Gasteiger partial charge in [0.1, 0.15) is 23.7 Å². The Morgan fingerprint density at radius 2 is 1.33 bits per heavy atom. The van der Waals surface area contributed by atoms with E-state index in [1.807, 2.05) is 73.9 Å². The highest BCUT2D eigenvalue weighted by molar-refractivity contribution is 5.89. The third kappa shape index (κ3) is 8.07. The molecule has 0 aliphatic carbocycles. The van der Waals surface area contributed by atoms with Crippen LogP contribution in [0, 0.1) is 11.8 Å². The maximum Gasteiger partial charge on any atom is 0.407 e. The molecular formula is C43H53N9O6. The van der Waals surface area contributed by atoms with Crippen LogP contribution in [0.15, 0.2) is 54.7 Å². The van der Waals surface area contributed by atoms with E-state index in [1.54, 1.807) is 6.20 Å². The normalized spacial score (nSPS) is 18.9. The van der Waals surface area contributed by atoms with Crippen LogP contribution >= 0.6 is 0 Å². The second kappa shape index (κ2) is 17.2. The SMILES string of the molecule is CC[C@@H](C)C(NC(=O)OC)C(=O)N1CCC[C@H]1c1ncc(-c2ccc3nc(-c4ccc5nc([C@@H]6CCCN6C(=O)C(NC(=O)OC)[C@H](C)CC)[nH]c5c4)ccc3c2)[nH]1. The molecule has 0 saturated carbocycles. The second-order valence-corrected chi connectivity index (χ2v) is 15.5. The first-order valence-corrected chi connectivity index (χ1v) is 20.3. The first-order chi connectivity index (χ1) is 28.0. The van der Waals surface area contributed by atoms with E-state index in [0.717, 1.165) is 88.8 Å². The van der Waals surface area contributed by atoms with Gasteiger partial charge in [-0.2, -0.15) is 0 Å². The number of benzene rings is 2. The number of nitrogens with zero attached hydrogens (tertiary/aromatic N) is 5. The van der Waals surface area contributed by atoms with Gasteiger partial charge in [0.2, 0.25) is 11.8 Å². The van der Waals surface area contributed by atoms with Crippen molar-refractivity contribution in [3.8, 4) is 22.5 Å². The Bertz CT molecular complexity index is 2300. The maximum atomic E-state index is 13.8. The van der Waals surface area contributed by atoms with Crippen molar-refractivity contribution >= 4 is 45.9 Å². The quantitative estimate of drug-likeness (QED) is 0.103. The third-order valence-electron chi connectivity index (χ3n) is 12.0. The van der Waals surface area contributed by atoms with Crippen LogP contribution in [0.3, 0.4) is 0 Å². The molecule has 7 rings (SSSR count).